The maximum atomic E-state index is 13.5. The number of hydrogen-bond acceptors (Lipinski definition) is 5. The van der Waals surface area contributed by atoms with Gasteiger partial charge in [0, 0.05) is 12.3 Å². The number of fused-ring (bicyclic) bond motifs is 6. The van der Waals surface area contributed by atoms with E-state index in [9.17, 15) is 14.4 Å². The molecule has 4 saturated carbocycles. The molecule has 186 valence electrons. The fourth-order valence-electron chi connectivity index (χ4n) is 8.27. The fraction of sp³-hybridized carbons (Fsp3) is 0.483. The topological polar surface area (TPSA) is 76.2 Å². The Kier molecular flexibility index (Phi) is 5.08. The fourth-order valence-corrected chi connectivity index (χ4v) is 8.27. The molecule has 2 aromatic carbocycles. The number of hydrazine groups is 1. The lowest BCUT2D eigenvalue weighted by molar-refractivity contribution is -0.299. The summed E-state index contributed by atoms with van der Waals surface area (Å²) in [5.74, 6) is 2.47. The Morgan fingerprint density at radius 2 is 1.19 bits per heavy atom. The molecule has 2 amide bonds. The SMILES string of the molecule is O=C1CC[C@@H]2[C@H]1[C@@H]1[C@H]2[C@@H]2[C@H]1[C@@H]1CC[C@H]2N(C(=O)OCc2ccccc2)N1C(=O)OCc1ccccc1. The lowest BCUT2D eigenvalue weighted by Gasteiger charge is -2.75. The highest BCUT2D eigenvalue weighted by molar-refractivity contribution is 5.86. The number of Topliss-reactive ketones (excluding diaryl/α,β-unsaturated/α-hetero) is 1. The van der Waals surface area contributed by atoms with Crippen molar-refractivity contribution in [2.45, 2.75) is 51.0 Å². The first-order chi connectivity index (χ1) is 17.6. The molecule has 6 fully saturated rings. The Balaban J connectivity index is 1.15. The quantitative estimate of drug-likeness (QED) is 0.620. The van der Waals surface area contributed by atoms with Gasteiger partial charge in [0.1, 0.15) is 19.0 Å². The second-order valence-electron chi connectivity index (χ2n) is 11.0. The minimum atomic E-state index is -0.513. The molecule has 0 N–H and O–H groups in total. The van der Waals surface area contributed by atoms with Gasteiger partial charge in [0.05, 0.1) is 12.1 Å². The van der Waals surface area contributed by atoms with Gasteiger partial charge in [0.25, 0.3) is 0 Å². The predicted molar refractivity (Wildman–Crippen MR) is 129 cm³/mol. The van der Waals surface area contributed by atoms with Crippen LogP contribution in [0, 0.1) is 35.5 Å². The van der Waals surface area contributed by atoms with Crippen molar-refractivity contribution in [3.05, 3.63) is 71.8 Å². The summed E-state index contributed by atoms with van der Waals surface area (Å²) < 4.78 is 11.5. The minimum absolute atomic E-state index is 0.0922. The maximum Gasteiger partial charge on any atom is 0.429 e. The van der Waals surface area contributed by atoms with Gasteiger partial charge in [-0.2, -0.15) is 0 Å². The van der Waals surface area contributed by atoms with Crippen molar-refractivity contribution in [1.29, 1.82) is 0 Å². The van der Waals surface area contributed by atoms with E-state index in [4.69, 9.17) is 9.47 Å². The van der Waals surface area contributed by atoms with E-state index in [1.54, 1.807) is 10.0 Å². The smallest absolute Gasteiger partial charge is 0.429 e. The van der Waals surface area contributed by atoms with Gasteiger partial charge in [-0.05, 0) is 60.0 Å². The van der Waals surface area contributed by atoms with Crippen molar-refractivity contribution < 1.29 is 23.9 Å². The van der Waals surface area contributed by atoms with E-state index < -0.39 is 12.2 Å². The van der Waals surface area contributed by atoms with Crippen LogP contribution < -0.4 is 0 Å². The highest BCUT2D eigenvalue weighted by Crippen LogP contribution is 2.73. The zero-order valence-electron chi connectivity index (χ0n) is 20.1. The third kappa shape index (κ3) is 3.14. The molecular weight excluding hydrogens is 456 g/mol. The molecule has 4 aliphatic carbocycles. The third-order valence-corrected chi connectivity index (χ3v) is 9.54. The Morgan fingerprint density at radius 1 is 0.694 bits per heavy atom. The normalized spacial score (nSPS) is 35.2. The summed E-state index contributed by atoms with van der Waals surface area (Å²) in [6.07, 6.45) is 2.33. The number of nitrogens with zero attached hydrogens (tertiary/aromatic N) is 2. The van der Waals surface area contributed by atoms with E-state index >= 15 is 0 Å². The molecule has 2 aliphatic heterocycles. The van der Waals surface area contributed by atoms with Gasteiger partial charge in [-0.25, -0.2) is 19.6 Å². The summed E-state index contributed by atoms with van der Waals surface area (Å²) in [7, 11) is 0. The maximum absolute atomic E-state index is 13.5. The highest BCUT2D eigenvalue weighted by Gasteiger charge is 2.76. The van der Waals surface area contributed by atoms with Crippen LogP contribution in [0.1, 0.15) is 36.8 Å². The Bertz CT molecular complexity index is 1190. The van der Waals surface area contributed by atoms with Crippen LogP contribution >= 0.6 is 0 Å². The van der Waals surface area contributed by atoms with E-state index in [2.05, 4.69) is 0 Å². The zero-order chi connectivity index (χ0) is 24.4. The monoisotopic (exact) mass is 486 g/mol. The van der Waals surface area contributed by atoms with Crippen LogP contribution in [0.15, 0.2) is 60.7 Å². The summed E-state index contributed by atoms with van der Waals surface area (Å²) in [4.78, 5) is 39.6. The highest BCUT2D eigenvalue weighted by atomic mass is 16.6. The standard InChI is InChI=1S/C29H30N2O5/c32-22-14-11-19-23(22)27-24(19)25-20-12-13-21(26(25)27)31(29(34)36-16-18-9-5-2-6-10-18)30(20)28(33)35-15-17-7-3-1-4-8-17/h1-10,19-21,23-27H,11-16H2/t19-,20-,21+,23-,24-,25-,26-,27-/m1/s1. The third-order valence-electron chi connectivity index (χ3n) is 9.54. The van der Waals surface area contributed by atoms with Crippen molar-refractivity contribution in [3.63, 3.8) is 0 Å². The van der Waals surface area contributed by atoms with Crippen molar-refractivity contribution >= 4 is 18.0 Å². The zero-order valence-corrected chi connectivity index (χ0v) is 20.1. The first-order valence-corrected chi connectivity index (χ1v) is 13.2. The van der Waals surface area contributed by atoms with Crippen LogP contribution in [-0.2, 0) is 27.5 Å². The molecule has 0 spiro atoms. The Morgan fingerprint density at radius 3 is 1.72 bits per heavy atom. The van der Waals surface area contributed by atoms with E-state index in [-0.39, 0.29) is 37.1 Å². The molecule has 7 heteroatoms. The number of carbonyl (C=O) groups is 3. The van der Waals surface area contributed by atoms with Gasteiger partial charge < -0.3 is 9.47 Å². The van der Waals surface area contributed by atoms with Gasteiger partial charge in [-0.3, -0.25) is 4.79 Å². The summed E-state index contributed by atoms with van der Waals surface area (Å²) in [5, 5.41) is 3.13. The molecule has 2 heterocycles. The van der Waals surface area contributed by atoms with E-state index in [0.717, 1.165) is 30.4 Å². The molecule has 0 aromatic heterocycles. The molecule has 0 unspecified atom stereocenters. The number of benzene rings is 2. The van der Waals surface area contributed by atoms with Crippen molar-refractivity contribution in [1.82, 2.24) is 10.0 Å². The molecule has 0 radical (unpaired) electrons. The number of ether oxygens (including phenoxy) is 2. The summed E-state index contributed by atoms with van der Waals surface area (Å²) in [6, 6.07) is 18.9. The van der Waals surface area contributed by atoms with E-state index in [1.807, 2.05) is 60.7 Å². The Labute approximate surface area is 210 Å². The molecular formula is C29H30N2O5. The molecule has 6 aliphatic rings. The number of amides is 2. The van der Waals surface area contributed by atoms with Crippen LogP contribution in [0.5, 0.6) is 0 Å². The van der Waals surface area contributed by atoms with Gasteiger partial charge in [0.15, 0.2) is 0 Å². The van der Waals surface area contributed by atoms with Crippen LogP contribution in [0.4, 0.5) is 9.59 Å². The van der Waals surface area contributed by atoms with Gasteiger partial charge in [0.2, 0.25) is 0 Å². The van der Waals surface area contributed by atoms with Crippen molar-refractivity contribution in [2.75, 3.05) is 0 Å². The largest absolute Gasteiger partial charge is 0.443 e. The average molecular weight is 487 g/mol. The van der Waals surface area contributed by atoms with Crippen LogP contribution in [0.25, 0.3) is 0 Å². The number of ketones is 1. The lowest BCUT2D eigenvalue weighted by Crippen LogP contribution is -2.81. The molecule has 8 rings (SSSR count). The first kappa shape index (κ1) is 21.9. The van der Waals surface area contributed by atoms with Crippen LogP contribution in [-0.4, -0.2) is 40.1 Å². The summed E-state index contributed by atoms with van der Waals surface area (Å²) >= 11 is 0. The lowest BCUT2D eigenvalue weighted by atomic mass is 9.34. The molecule has 2 saturated heterocycles. The van der Waals surface area contributed by atoms with Crippen LogP contribution in [0.3, 0.4) is 0 Å². The summed E-state index contributed by atoms with van der Waals surface area (Å²) in [6.45, 7) is 0.295. The summed E-state index contributed by atoms with van der Waals surface area (Å²) in [5.41, 5.74) is 1.80. The number of carbonyl (C=O) groups excluding carboxylic acids is 3. The van der Waals surface area contributed by atoms with Crippen molar-refractivity contribution in [2.24, 2.45) is 35.5 Å². The van der Waals surface area contributed by atoms with Gasteiger partial charge in [-0.15, -0.1) is 0 Å². The first-order valence-electron chi connectivity index (χ1n) is 13.2. The minimum Gasteiger partial charge on any atom is -0.443 e. The van der Waals surface area contributed by atoms with Gasteiger partial charge in [-0.1, -0.05) is 60.7 Å². The van der Waals surface area contributed by atoms with Crippen LogP contribution in [0.2, 0.25) is 0 Å². The molecule has 2 bridgehead atoms. The molecule has 36 heavy (non-hydrogen) atoms. The second-order valence-corrected chi connectivity index (χ2v) is 11.0. The van der Waals surface area contributed by atoms with E-state index in [1.165, 1.54) is 0 Å². The average Bonchev–Trinajstić information content (AvgIpc) is 3.20. The van der Waals surface area contributed by atoms with Crippen molar-refractivity contribution in [3.8, 4) is 0 Å². The molecule has 2 aromatic rings. The molecule has 7 nitrogen and oxygen atoms in total. The Hall–Kier alpha value is -3.35. The molecule has 8 atom stereocenters. The number of hydrogen-bond donors (Lipinski definition) is 0. The predicted octanol–water partition coefficient (Wildman–Crippen LogP) is 4.81. The number of rotatable bonds is 4. The van der Waals surface area contributed by atoms with E-state index in [0.29, 0.717) is 35.9 Å². The second kappa shape index (κ2) is 8.36. The van der Waals surface area contributed by atoms with Gasteiger partial charge >= 0.3 is 12.2 Å².